The van der Waals surface area contributed by atoms with Gasteiger partial charge in [0.1, 0.15) is 42.4 Å². The summed E-state index contributed by atoms with van der Waals surface area (Å²) in [7, 11) is 0. The lowest BCUT2D eigenvalue weighted by Crippen LogP contribution is -2.60. The molecule has 0 unspecified atom stereocenters. The molecule has 2 heterocycles. The predicted molar refractivity (Wildman–Crippen MR) is 126 cm³/mol. The monoisotopic (exact) mass is 492 g/mol. The van der Waals surface area contributed by atoms with Gasteiger partial charge in [-0.3, -0.25) is 0 Å². The number of rotatable bonds is 9. The van der Waals surface area contributed by atoms with Crippen molar-refractivity contribution < 1.29 is 44.2 Å². The van der Waals surface area contributed by atoms with E-state index in [1.54, 1.807) is 0 Å². The first-order chi connectivity index (χ1) is 16.6. The van der Waals surface area contributed by atoms with Crippen LogP contribution in [-0.2, 0) is 4.74 Å². The van der Waals surface area contributed by atoms with E-state index in [1.165, 1.54) is 23.8 Å². The van der Waals surface area contributed by atoms with Crippen LogP contribution in [0.2, 0.25) is 0 Å². The molecule has 1 aromatic heterocycles. The lowest BCUT2D eigenvalue weighted by Gasteiger charge is -2.39. The Morgan fingerprint density at radius 1 is 1.09 bits per heavy atom. The van der Waals surface area contributed by atoms with Gasteiger partial charge in [0.25, 0.3) is 0 Å². The topological polar surface area (TPSA) is 159 Å². The van der Waals surface area contributed by atoms with Crippen molar-refractivity contribution in [2.24, 2.45) is 0 Å². The third-order valence-electron chi connectivity index (χ3n) is 5.66. The van der Waals surface area contributed by atoms with Gasteiger partial charge in [-0.15, -0.1) is 0 Å². The van der Waals surface area contributed by atoms with Gasteiger partial charge in [-0.1, -0.05) is 17.2 Å². The third kappa shape index (κ3) is 6.41. The number of ether oxygens (including phenoxy) is 3. The zero-order valence-electron chi connectivity index (χ0n) is 19.9. The van der Waals surface area contributed by atoms with Crippen LogP contribution in [0.3, 0.4) is 0 Å². The molecule has 5 atom stereocenters. The molecule has 3 rings (SSSR count). The second kappa shape index (κ2) is 11.7. The number of aromatic hydroxyl groups is 1. The highest BCUT2D eigenvalue weighted by molar-refractivity contribution is 5.86. The fourth-order valence-electron chi connectivity index (χ4n) is 3.62. The van der Waals surface area contributed by atoms with Gasteiger partial charge in [0, 0.05) is 6.07 Å². The highest BCUT2D eigenvalue weighted by atomic mass is 16.7. The second-order valence-electron chi connectivity index (χ2n) is 8.72. The molecule has 0 saturated carbocycles. The molecule has 0 amide bonds. The maximum atomic E-state index is 12.2. The summed E-state index contributed by atoms with van der Waals surface area (Å²) in [6, 6.07) is 4.31. The highest BCUT2D eigenvalue weighted by Gasteiger charge is 2.44. The largest absolute Gasteiger partial charge is 0.499 e. The molecule has 1 saturated heterocycles. The van der Waals surface area contributed by atoms with Crippen molar-refractivity contribution in [2.75, 3.05) is 13.2 Å². The number of hydrogen-bond donors (Lipinski definition) is 5. The molecular weight excluding hydrogens is 460 g/mol. The first-order valence-electron chi connectivity index (χ1n) is 11.3. The quantitative estimate of drug-likeness (QED) is 0.258. The fraction of sp³-hybridized carbons (Fsp3) is 0.480. The van der Waals surface area contributed by atoms with Gasteiger partial charge < -0.3 is 44.2 Å². The Labute approximate surface area is 202 Å². The van der Waals surface area contributed by atoms with E-state index in [0.29, 0.717) is 5.39 Å². The number of benzene rings is 1. The van der Waals surface area contributed by atoms with Crippen molar-refractivity contribution in [2.45, 2.75) is 64.3 Å². The van der Waals surface area contributed by atoms with Gasteiger partial charge >= 0.3 is 5.63 Å². The normalized spacial score (nSPS) is 24.9. The van der Waals surface area contributed by atoms with Crippen LogP contribution in [-0.4, -0.2) is 69.5 Å². The van der Waals surface area contributed by atoms with E-state index in [1.807, 2.05) is 26.8 Å². The molecule has 10 nitrogen and oxygen atoms in total. The molecule has 1 fully saturated rings. The zero-order valence-corrected chi connectivity index (χ0v) is 19.9. The summed E-state index contributed by atoms with van der Waals surface area (Å²) in [6.07, 6.45) is -1.46. The van der Waals surface area contributed by atoms with Crippen LogP contribution in [0.1, 0.15) is 33.6 Å². The molecule has 1 aliphatic rings. The van der Waals surface area contributed by atoms with Gasteiger partial charge in [0.2, 0.25) is 12.0 Å². The molecule has 1 aromatic carbocycles. The van der Waals surface area contributed by atoms with Crippen molar-refractivity contribution in [1.82, 2.24) is 0 Å². The molecule has 5 N–H and O–H groups in total. The second-order valence-corrected chi connectivity index (χ2v) is 8.72. The molecule has 10 heteroatoms. The van der Waals surface area contributed by atoms with Gasteiger partial charge in [0.15, 0.2) is 5.75 Å². The fourth-order valence-corrected chi connectivity index (χ4v) is 3.62. The lowest BCUT2D eigenvalue weighted by molar-refractivity contribution is -0.277. The number of hydrogen-bond acceptors (Lipinski definition) is 10. The first kappa shape index (κ1) is 26.7. The summed E-state index contributed by atoms with van der Waals surface area (Å²) < 4.78 is 21.7. The summed E-state index contributed by atoms with van der Waals surface area (Å²) in [6.45, 7) is 5.59. The van der Waals surface area contributed by atoms with Crippen molar-refractivity contribution in [3.05, 3.63) is 51.9 Å². The van der Waals surface area contributed by atoms with E-state index in [2.05, 4.69) is 6.08 Å². The van der Waals surface area contributed by atoms with Crippen LogP contribution in [0.5, 0.6) is 17.2 Å². The van der Waals surface area contributed by atoms with Crippen LogP contribution in [0.25, 0.3) is 11.0 Å². The van der Waals surface area contributed by atoms with Gasteiger partial charge in [-0.05, 0) is 51.8 Å². The Morgan fingerprint density at radius 3 is 2.51 bits per heavy atom. The minimum absolute atomic E-state index is 0.0380. The Morgan fingerprint density at radius 2 is 1.83 bits per heavy atom. The van der Waals surface area contributed by atoms with Crippen molar-refractivity contribution >= 4 is 11.0 Å². The molecule has 2 aromatic rings. The Balaban J connectivity index is 1.78. The molecule has 0 spiro atoms. The Hall–Kier alpha value is -2.89. The Kier molecular flexibility index (Phi) is 8.92. The summed E-state index contributed by atoms with van der Waals surface area (Å²) in [5.41, 5.74) is 1.40. The standard InChI is InChI=1S/C25H32O10/c1-13(2)5-4-6-14(3)9-10-32-23-16-8-7-15(11-17(16)34-24(31)22(23)30)33-25-21(29)20(28)19(27)18(12-26)35-25/h5,7-9,11,18-21,25-30H,4,6,10,12H2,1-3H3/b14-9+/t18-,19-,20+,21+,25-/m1/s1. The maximum absolute atomic E-state index is 12.2. The Bertz CT molecular complexity index is 1130. The number of aliphatic hydroxyl groups excluding tert-OH is 4. The minimum Gasteiger partial charge on any atom is -0.499 e. The van der Waals surface area contributed by atoms with Crippen LogP contribution in [0.15, 0.2) is 50.7 Å². The SMILES string of the molecule is CC(C)=CCC/C(C)=C/COc1c(O)c(=O)oc2cc(O[C@@H]3O[C@H](CO)[C@@H](O)[C@H](O)[C@@H]3O)ccc12. The van der Waals surface area contributed by atoms with Crippen LogP contribution >= 0.6 is 0 Å². The van der Waals surface area contributed by atoms with E-state index in [0.717, 1.165) is 18.4 Å². The van der Waals surface area contributed by atoms with E-state index < -0.39 is 48.7 Å². The van der Waals surface area contributed by atoms with E-state index >= 15 is 0 Å². The van der Waals surface area contributed by atoms with Crippen molar-refractivity contribution in [1.29, 1.82) is 0 Å². The maximum Gasteiger partial charge on any atom is 0.382 e. The predicted octanol–water partition coefficient (Wildman–Crippen LogP) is 1.75. The lowest BCUT2D eigenvalue weighted by atomic mass is 9.99. The smallest absolute Gasteiger partial charge is 0.382 e. The summed E-state index contributed by atoms with van der Waals surface area (Å²) in [4.78, 5) is 12.2. The summed E-state index contributed by atoms with van der Waals surface area (Å²) in [5.74, 6) is -0.587. The zero-order chi connectivity index (χ0) is 25.7. The first-order valence-corrected chi connectivity index (χ1v) is 11.3. The van der Waals surface area contributed by atoms with Crippen molar-refractivity contribution in [3.8, 4) is 17.2 Å². The molecule has 192 valence electrons. The number of fused-ring (bicyclic) bond motifs is 1. The molecule has 0 aliphatic carbocycles. The number of allylic oxidation sites excluding steroid dienone is 3. The van der Waals surface area contributed by atoms with Gasteiger partial charge in [-0.2, -0.15) is 0 Å². The van der Waals surface area contributed by atoms with Crippen LogP contribution in [0.4, 0.5) is 0 Å². The van der Waals surface area contributed by atoms with Crippen LogP contribution in [0, 0.1) is 0 Å². The van der Waals surface area contributed by atoms with Gasteiger partial charge in [-0.25, -0.2) is 4.79 Å². The minimum atomic E-state index is -1.60. The summed E-state index contributed by atoms with van der Waals surface area (Å²) in [5, 5.41) is 49.9. The third-order valence-corrected chi connectivity index (χ3v) is 5.66. The van der Waals surface area contributed by atoms with E-state index in [4.69, 9.17) is 18.6 Å². The molecular formula is C25H32O10. The molecule has 35 heavy (non-hydrogen) atoms. The highest BCUT2D eigenvalue weighted by Crippen LogP contribution is 2.34. The van der Waals surface area contributed by atoms with E-state index in [-0.39, 0.29) is 23.7 Å². The summed E-state index contributed by atoms with van der Waals surface area (Å²) >= 11 is 0. The molecule has 0 radical (unpaired) electrons. The average Bonchev–Trinajstić information content (AvgIpc) is 2.81. The van der Waals surface area contributed by atoms with Crippen LogP contribution < -0.4 is 15.1 Å². The van der Waals surface area contributed by atoms with Crippen molar-refractivity contribution in [3.63, 3.8) is 0 Å². The molecule has 0 bridgehead atoms. The average molecular weight is 493 g/mol. The van der Waals surface area contributed by atoms with Gasteiger partial charge in [0.05, 0.1) is 12.0 Å². The number of aliphatic hydroxyl groups is 4. The van der Waals surface area contributed by atoms with E-state index in [9.17, 15) is 30.3 Å². The molecule has 1 aliphatic heterocycles.